The van der Waals surface area contributed by atoms with Gasteiger partial charge in [0.1, 0.15) is 0 Å². The van der Waals surface area contributed by atoms with Crippen molar-refractivity contribution in [3.8, 4) is 0 Å². The summed E-state index contributed by atoms with van der Waals surface area (Å²) in [6.07, 6.45) is 0. The van der Waals surface area contributed by atoms with E-state index >= 15 is 0 Å². The monoisotopic (exact) mass is 252 g/mol. The van der Waals surface area contributed by atoms with Crippen LogP contribution in [0.25, 0.3) is 10.2 Å². The fourth-order valence-electron chi connectivity index (χ4n) is 1.31. The summed E-state index contributed by atoms with van der Waals surface area (Å²) in [5.41, 5.74) is 2.49. The zero-order chi connectivity index (χ0) is 11.8. The standard InChI is InChI=1S/C12H16N2S2/c1-8-6-5-7-9-10(8)13-11(15-9)16-14-12(2,3)4/h5-7,14H,1-4H3. The minimum atomic E-state index is 0.109. The van der Waals surface area contributed by atoms with Crippen molar-refractivity contribution >= 4 is 33.5 Å². The Balaban J connectivity index is 2.24. The maximum atomic E-state index is 4.63. The van der Waals surface area contributed by atoms with E-state index in [1.54, 1.807) is 23.3 Å². The van der Waals surface area contributed by atoms with E-state index in [9.17, 15) is 0 Å². The Hall–Kier alpha value is -0.580. The summed E-state index contributed by atoms with van der Waals surface area (Å²) in [5.74, 6) is 0. The maximum absolute atomic E-state index is 4.63. The van der Waals surface area contributed by atoms with Crippen LogP contribution in [-0.2, 0) is 0 Å². The molecule has 0 radical (unpaired) electrons. The number of thiazole rings is 1. The van der Waals surface area contributed by atoms with Crippen molar-refractivity contribution in [3.63, 3.8) is 0 Å². The number of rotatable bonds is 2. The van der Waals surface area contributed by atoms with E-state index in [-0.39, 0.29) is 5.54 Å². The highest BCUT2D eigenvalue weighted by Gasteiger charge is 2.12. The highest BCUT2D eigenvalue weighted by molar-refractivity contribution is 7.99. The van der Waals surface area contributed by atoms with Gasteiger partial charge < -0.3 is 0 Å². The van der Waals surface area contributed by atoms with Gasteiger partial charge in [0.15, 0.2) is 4.34 Å². The number of aromatic nitrogens is 1. The molecule has 1 aromatic carbocycles. The number of para-hydroxylation sites is 1. The van der Waals surface area contributed by atoms with Crippen LogP contribution in [0.1, 0.15) is 26.3 Å². The molecule has 0 saturated carbocycles. The highest BCUT2D eigenvalue weighted by atomic mass is 32.2. The van der Waals surface area contributed by atoms with E-state index in [4.69, 9.17) is 0 Å². The van der Waals surface area contributed by atoms with E-state index in [1.165, 1.54) is 10.3 Å². The molecule has 0 saturated heterocycles. The van der Waals surface area contributed by atoms with Crippen molar-refractivity contribution in [1.29, 1.82) is 0 Å². The molecule has 0 unspecified atom stereocenters. The minimum Gasteiger partial charge on any atom is -0.253 e. The fraction of sp³-hybridized carbons (Fsp3) is 0.417. The van der Waals surface area contributed by atoms with Gasteiger partial charge >= 0.3 is 0 Å². The average molecular weight is 252 g/mol. The zero-order valence-corrected chi connectivity index (χ0v) is 11.6. The van der Waals surface area contributed by atoms with Crippen LogP contribution in [0.2, 0.25) is 0 Å². The molecular formula is C12H16N2S2. The molecule has 4 heteroatoms. The Morgan fingerprint density at radius 2 is 2.06 bits per heavy atom. The number of hydrogen-bond donors (Lipinski definition) is 1. The number of nitrogens with one attached hydrogen (secondary N) is 1. The van der Waals surface area contributed by atoms with Crippen LogP contribution in [0.15, 0.2) is 22.5 Å². The summed E-state index contributed by atoms with van der Waals surface area (Å²) >= 11 is 3.36. The number of benzene rings is 1. The molecule has 2 rings (SSSR count). The molecule has 0 aliphatic carbocycles. The largest absolute Gasteiger partial charge is 0.253 e. The Bertz CT molecular complexity index is 497. The van der Waals surface area contributed by atoms with Crippen LogP contribution in [-0.4, -0.2) is 10.5 Å². The van der Waals surface area contributed by atoms with Crippen LogP contribution in [0, 0.1) is 6.92 Å². The minimum absolute atomic E-state index is 0.109. The topological polar surface area (TPSA) is 24.9 Å². The normalized spacial score (nSPS) is 12.2. The molecule has 0 aliphatic rings. The van der Waals surface area contributed by atoms with Crippen molar-refractivity contribution in [2.45, 2.75) is 37.6 Å². The first kappa shape index (κ1) is 11.9. The smallest absolute Gasteiger partial charge is 0.166 e. The second-order valence-electron chi connectivity index (χ2n) is 4.86. The lowest BCUT2D eigenvalue weighted by molar-refractivity contribution is 0.535. The molecule has 0 spiro atoms. The Morgan fingerprint density at radius 3 is 2.69 bits per heavy atom. The molecule has 2 nitrogen and oxygen atoms in total. The lowest BCUT2D eigenvalue weighted by atomic mass is 10.1. The van der Waals surface area contributed by atoms with Gasteiger partial charge in [-0.15, -0.1) is 11.3 Å². The molecule has 1 N–H and O–H groups in total. The molecule has 0 amide bonds. The van der Waals surface area contributed by atoms with Gasteiger partial charge in [-0.2, -0.15) is 0 Å². The van der Waals surface area contributed by atoms with Crippen molar-refractivity contribution in [2.75, 3.05) is 0 Å². The first-order valence-electron chi connectivity index (χ1n) is 5.26. The molecule has 0 bridgehead atoms. The van der Waals surface area contributed by atoms with Gasteiger partial charge in [-0.3, -0.25) is 4.72 Å². The summed E-state index contributed by atoms with van der Waals surface area (Å²) in [4.78, 5) is 4.63. The van der Waals surface area contributed by atoms with Crippen LogP contribution in [0.3, 0.4) is 0 Å². The summed E-state index contributed by atoms with van der Waals surface area (Å²) in [5, 5.41) is 0. The van der Waals surface area contributed by atoms with Gasteiger partial charge in [0.2, 0.25) is 0 Å². The lowest BCUT2D eigenvalue weighted by Gasteiger charge is -2.17. The second kappa shape index (κ2) is 4.35. The molecule has 16 heavy (non-hydrogen) atoms. The molecule has 1 heterocycles. The van der Waals surface area contributed by atoms with E-state index in [0.29, 0.717) is 0 Å². The summed E-state index contributed by atoms with van der Waals surface area (Å²) < 4.78 is 5.73. The van der Waals surface area contributed by atoms with Crippen LogP contribution in [0.4, 0.5) is 0 Å². The molecule has 0 atom stereocenters. The third-order valence-corrected chi connectivity index (χ3v) is 4.34. The van der Waals surface area contributed by atoms with Gasteiger partial charge in [-0.05, 0) is 51.3 Å². The van der Waals surface area contributed by atoms with Gasteiger partial charge in [-0.1, -0.05) is 12.1 Å². The third-order valence-electron chi connectivity index (χ3n) is 2.05. The molecule has 0 aliphatic heterocycles. The Morgan fingerprint density at radius 1 is 1.31 bits per heavy atom. The molecule has 86 valence electrons. The van der Waals surface area contributed by atoms with E-state index in [0.717, 1.165) is 9.86 Å². The Labute approximate surface area is 105 Å². The van der Waals surface area contributed by atoms with Crippen molar-refractivity contribution in [3.05, 3.63) is 23.8 Å². The zero-order valence-electron chi connectivity index (χ0n) is 10.00. The van der Waals surface area contributed by atoms with Gasteiger partial charge in [0, 0.05) is 5.54 Å². The van der Waals surface area contributed by atoms with Crippen LogP contribution >= 0.6 is 23.3 Å². The van der Waals surface area contributed by atoms with Gasteiger partial charge in [-0.25, -0.2) is 4.98 Å². The molecule has 2 aromatic rings. The van der Waals surface area contributed by atoms with Crippen molar-refractivity contribution in [1.82, 2.24) is 9.71 Å². The Kier molecular flexibility index (Phi) is 3.24. The highest BCUT2D eigenvalue weighted by Crippen LogP contribution is 2.30. The molecular weight excluding hydrogens is 236 g/mol. The fourth-order valence-corrected chi connectivity index (χ4v) is 3.17. The van der Waals surface area contributed by atoms with E-state index in [1.807, 2.05) is 0 Å². The summed E-state index contributed by atoms with van der Waals surface area (Å²) in [6, 6.07) is 6.32. The number of aryl methyl sites for hydroxylation is 1. The summed E-state index contributed by atoms with van der Waals surface area (Å²) in [6.45, 7) is 8.56. The number of nitrogens with zero attached hydrogens (tertiary/aromatic N) is 1. The van der Waals surface area contributed by atoms with Gasteiger partial charge in [0.25, 0.3) is 0 Å². The average Bonchev–Trinajstić information content (AvgIpc) is 2.58. The second-order valence-corrected chi connectivity index (χ2v) is 6.94. The molecule has 1 aromatic heterocycles. The SMILES string of the molecule is Cc1cccc2sc(SNC(C)(C)C)nc12. The third kappa shape index (κ3) is 2.75. The van der Waals surface area contributed by atoms with E-state index in [2.05, 4.69) is 55.6 Å². The lowest BCUT2D eigenvalue weighted by Crippen LogP contribution is -2.29. The maximum Gasteiger partial charge on any atom is 0.166 e. The predicted molar refractivity (Wildman–Crippen MR) is 73.1 cm³/mol. The quantitative estimate of drug-likeness (QED) is 0.818. The van der Waals surface area contributed by atoms with Crippen LogP contribution < -0.4 is 4.72 Å². The van der Waals surface area contributed by atoms with E-state index < -0.39 is 0 Å². The van der Waals surface area contributed by atoms with Crippen molar-refractivity contribution < 1.29 is 0 Å². The van der Waals surface area contributed by atoms with Gasteiger partial charge in [0.05, 0.1) is 10.2 Å². The molecule has 0 fully saturated rings. The predicted octanol–water partition coefficient (Wildman–Crippen LogP) is 4.00. The number of hydrogen-bond acceptors (Lipinski definition) is 4. The number of fused-ring (bicyclic) bond motifs is 1. The van der Waals surface area contributed by atoms with Crippen molar-refractivity contribution in [2.24, 2.45) is 0 Å². The first-order valence-corrected chi connectivity index (χ1v) is 6.89. The first-order chi connectivity index (χ1) is 7.46. The summed E-state index contributed by atoms with van der Waals surface area (Å²) in [7, 11) is 0. The van der Waals surface area contributed by atoms with Crippen LogP contribution in [0.5, 0.6) is 0 Å².